The lowest BCUT2D eigenvalue weighted by atomic mass is 9.95. The molecule has 0 saturated carbocycles. The van der Waals surface area contributed by atoms with Crippen LogP contribution in [0.4, 0.5) is 0 Å². The molecule has 1 aliphatic rings. The normalized spacial score (nSPS) is 17.4. The molecule has 1 aromatic heterocycles. The van der Waals surface area contributed by atoms with Gasteiger partial charge in [0.2, 0.25) is 0 Å². The van der Waals surface area contributed by atoms with E-state index in [1.54, 1.807) is 54.9 Å². The van der Waals surface area contributed by atoms with E-state index in [0.29, 0.717) is 28.5 Å². The van der Waals surface area contributed by atoms with Crippen LogP contribution in [-0.2, 0) is 16.1 Å². The van der Waals surface area contributed by atoms with E-state index in [9.17, 15) is 14.7 Å². The van der Waals surface area contributed by atoms with Gasteiger partial charge in [0.05, 0.1) is 18.2 Å². The van der Waals surface area contributed by atoms with Crippen LogP contribution in [0, 0.1) is 0 Å². The van der Waals surface area contributed by atoms with Gasteiger partial charge in [-0.2, -0.15) is 0 Å². The highest BCUT2D eigenvalue weighted by atomic mass is 35.5. The lowest BCUT2D eigenvalue weighted by Gasteiger charge is -2.25. The number of Topliss-reactive ketones (excluding diaryl/α,β-unsaturated/α-hetero) is 1. The third-order valence-corrected chi connectivity index (χ3v) is 5.66. The number of carbonyl (C=O) groups excluding carboxylic acids is 2. The zero-order chi connectivity index (χ0) is 23.4. The second-order valence-corrected chi connectivity index (χ2v) is 8.15. The number of benzene rings is 2. The van der Waals surface area contributed by atoms with Crippen molar-refractivity contribution in [3.63, 3.8) is 0 Å². The molecule has 7 heteroatoms. The smallest absolute Gasteiger partial charge is 0.295 e. The molecule has 4 rings (SSSR count). The zero-order valence-corrected chi connectivity index (χ0v) is 18.8. The highest BCUT2D eigenvalue weighted by Crippen LogP contribution is 2.41. The van der Waals surface area contributed by atoms with Crippen molar-refractivity contribution in [1.29, 1.82) is 0 Å². The van der Waals surface area contributed by atoms with Crippen molar-refractivity contribution in [2.24, 2.45) is 0 Å². The second-order valence-electron chi connectivity index (χ2n) is 7.71. The number of nitrogens with zero attached hydrogens (tertiary/aromatic N) is 2. The number of halogens is 1. The number of ether oxygens (including phenoxy) is 1. The minimum Gasteiger partial charge on any atom is -0.507 e. The molecule has 1 amide bonds. The third-order valence-electron chi connectivity index (χ3n) is 5.41. The van der Waals surface area contributed by atoms with Crippen LogP contribution in [0.15, 0.2) is 78.6 Å². The van der Waals surface area contributed by atoms with Crippen molar-refractivity contribution < 1.29 is 19.4 Å². The first-order valence-corrected chi connectivity index (χ1v) is 11.0. The van der Waals surface area contributed by atoms with Crippen LogP contribution in [-0.4, -0.2) is 33.3 Å². The van der Waals surface area contributed by atoms with E-state index in [1.807, 2.05) is 25.1 Å². The fourth-order valence-electron chi connectivity index (χ4n) is 3.83. The van der Waals surface area contributed by atoms with E-state index >= 15 is 0 Å². The standard InChI is InChI=1S/C26H23ClN2O4/c1-2-14-33-21-5-3-4-19(15-21)23-22(24(30)18-6-8-20(27)9-7-18)25(31)26(32)29(23)16-17-10-12-28-13-11-17/h3-13,15,23,30H,2,14,16H2,1H3. The molecule has 1 atom stereocenters. The summed E-state index contributed by atoms with van der Waals surface area (Å²) in [4.78, 5) is 31.7. The summed E-state index contributed by atoms with van der Waals surface area (Å²) in [6.07, 6.45) is 4.11. The van der Waals surface area contributed by atoms with Crippen LogP contribution in [0.25, 0.3) is 5.76 Å². The molecule has 3 aromatic rings. The molecular formula is C26H23ClN2O4. The topological polar surface area (TPSA) is 79.7 Å². The summed E-state index contributed by atoms with van der Waals surface area (Å²) in [5.41, 5.74) is 1.93. The van der Waals surface area contributed by atoms with Crippen LogP contribution in [0.3, 0.4) is 0 Å². The van der Waals surface area contributed by atoms with Gasteiger partial charge in [-0.3, -0.25) is 14.6 Å². The molecule has 168 valence electrons. The minimum absolute atomic E-state index is 0.0315. The molecule has 6 nitrogen and oxygen atoms in total. The van der Waals surface area contributed by atoms with Gasteiger partial charge < -0.3 is 14.7 Å². The first-order chi connectivity index (χ1) is 16.0. The molecule has 1 saturated heterocycles. The van der Waals surface area contributed by atoms with Gasteiger partial charge in [-0.1, -0.05) is 30.7 Å². The van der Waals surface area contributed by atoms with E-state index in [0.717, 1.165) is 12.0 Å². The minimum atomic E-state index is -0.779. The van der Waals surface area contributed by atoms with Crippen LogP contribution in [0.5, 0.6) is 5.75 Å². The number of hydrogen-bond acceptors (Lipinski definition) is 5. The van der Waals surface area contributed by atoms with E-state index < -0.39 is 17.7 Å². The van der Waals surface area contributed by atoms with Crippen molar-refractivity contribution in [2.75, 3.05) is 6.61 Å². The van der Waals surface area contributed by atoms with Crippen LogP contribution in [0.2, 0.25) is 5.02 Å². The van der Waals surface area contributed by atoms with Crippen LogP contribution < -0.4 is 4.74 Å². The maximum absolute atomic E-state index is 13.1. The number of rotatable bonds is 7. The molecule has 0 spiro atoms. The predicted molar refractivity (Wildman–Crippen MR) is 126 cm³/mol. The SMILES string of the molecule is CCCOc1cccc(C2C(=C(O)c3ccc(Cl)cc3)C(=O)C(=O)N2Cc2ccncc2)c1. The molecule has 0 aliphatic carbocycles. The summed E-state index contributed by atoms with van der Waals surface area (Å²) in [5, 5.41) is 11.6. The number of pyridine rings is 1. The van der Waals surface area contributed by atoms with E-state index in [1.165, 1.54) is 4.90 Å². The number of hydrogen-bond donors (Lipinski definition) is 1. The van der Waals surface area contributed by atoms with E-state index in [4.69, 9.17) is 16.3 Å². The van der Waals surface area contributed by atoms with Gasteiger partial charge >= 0.3 is 0 Å². The average Bonchev–Trinajstić information content (AvgIpc) is 3.08. The molecule has 0 bridgehead atoms. The Morgan fingerprint density at radius 2 is 1.82 bits per heavy atom. The molecule has 0 radical (unpaired) electrons. The molecule has 33 heavy (non-hydrogen) atoms. The molecule has 2 heterocycles. The summed E-state index contributed by atoms with van der Waals surface area (Å²) in [6, 6.07) is 16.5. The Bertz CT molecular complexity index is 1190. The number of amides is 1. The maximum atomic E-state index is 13.1. The largest absolute Gasteiger partial charge is 0.507 e. The third kappa shape index (κ3) is 4.76. The van der Waals surface area contributed by atoms with Gasteiger partial charge in [-0.25, -0.2) is 0 Å². The Balaban J connectivity index is 1.84. The molecule has 1 fully saturated rings. The van der Waals surface area contributed by atoms with Crippen LogP contribution >= 0.6 is 11.6 Å². The van der Waals surface area contributed by atoms with E-state index in [-0.39, 0.29) is 17.9 Å². The van der Waals surface area contributed by atoms with Crippen molar-refractivity contribution in [2.45, 2.75) is 25.9 Å². The predicted octanol–water partition coefficient (Wildman–Crippen LogP) is 5.15. The van der Waals surface area contributed by atoms with Gasteiger partial charge in [0.25, 0.3) is 11.7 Å². The van der Waals surface area contributed by atoms with Crippen molar-refractivity contribution in [3.8, 4) is 5.75 Å². The highest BCUT2D eigenvalue weighted by Gasteiger charge is 2.46. The first kappa shape index (κ1) is 22.6. The Labute approximate surface area is 197 Å². The summed E-state index contributed by atoms with van der Waals surface area (Å²) in [7, 11) is 0. The summed E-state index contributed by atoms with van der Waals surface area (Å²) >= 11 is 5.98. The number of aliphatic hydroxyl groups excluding tert-OH is 1. The molecular weight excluding hydrogens is 440 g/mol. The Kier molecular flexibility index (Phi) is 6.75. The van der Waals surface area contributed by atoms with Crippen molar-refractivity contribution in [1.82, 2.24) is 9.88 Å². The quantitative estimate of drug-likeness (QED) is 0.298. The monoisotopic (exact) mass is 462 g/mol. The van der Waals surface area contributed by atoms with Gasteiger partial charge in [0, 0.05) is 29.5 Å². The Morgan fingerprint density at radius 1 is 1.09 bits per heavy atom. The van der Waals surface area contributed by atoms with Gasteiger partial charge in [-0.05, 0) is 66.1 Å². The highest BCUT2D eigenvalue weighted by molar-refractivity contribution is 6.46. The fourth-order valence-corrected chi connectivity index (χ4v) is 3.96. The molecule has 1 N–H and O–H groups in total. The summed E-state index contributed by atoms with van der Waals surface area (Å²) < 4.78 is 5.77. The number of ketones is 1. The number of likely N-dealkylation sites (tertiary alicyclic amines) is 1. The lowest BCUT2D eigenvalue weighted by Crippen LogP contribution is -2.29. The Morgan fingerprint density at radius 3 is 2.52 bits per heavy atom. The number of aliphatic hydroxyl groups is 1. The second kappa shape index (κ2) is 9.88. The fraction of sp³-hybridized carbons (Fsp3) is 0.192. The first-order valence-electron chi connectivity index (χ1n) is 10.7. The number of aromatic nitrogens is 1. The van der Waals surface area contributed by atoms with Crippen LogP contribution in [0.1, 0.15) is 36.1 Å². The molecule has 1 unspecified atom stereocenters. The molecule has 2 aromatic carbocycles. The Hall–Kier alpha value is -3.64. The van der Waals surface area contributed by atoms with Gasteiger partial charge in [-0.15, -0.1) is 0 Å². The maximum Gasteiger partial charge on any atom is 0.295 e. The lowest BCUT2D eigenvalue weighted by molar-refractivity contribution is -0.140. The zero-order valence-electron chi connectivity index (χ0n) is 18.1. The summed E-state index contributed by atoms with van der Waals surface area (Å²) in [5.74, 6) is -1.02. The number of carbonyl (C=O) groups is 2. The average molecular weight is 463 g/mol. The van der Waals surface area contributed by atoms with E-state index in [2.05, 4.69) is 4.98 Å². The summed E-state index contributed by atoms with van der Waals surface area (Å²) in [6.45, 7) is 2.75. The van der Waals surface area contributed by atoms with Crippen molar-refractivity contribution in [3.05, 3.63) is 100 Å². The van der Waals surface area contributed by atoms with Crippen molar-refractivity contribution >= 4 is 29.1 Å². The molecule has 1 aliphatic heterocycles. The van der Waals surface area contributed by atoms with Gasteiger partial charge in [0.15, 0.2) is 0 Å². The van der Waals surface area contributed by atoms with Gasteiger partial charge in [0.1, 0.15) is 11.5 Å².